The molecule has 1 fully saturated rings. The van der Waals surface area contributed by atoms with Gasteiger partial charge < -0.3 is 10.1 Å². The molecule has 122 valence electrons. The summed E-state index contributed by atoms with van der Waals surface area (Å²) in [6, 6.07) is 13.2. The molecule has 0 bridgehead atoms. The van der Waals surface area contributed by atoms with E-state index in [0.717, 1.165) is 15.6 Å². The molecule has 2 aromatic rings. The summed E-state index contributed by atoms with van der Waals surface area (Å²) in [6.07, 6.45) is 1.77. The lowest BCUT2D eigenvalue weighted by molar-refractivity contribution is -0.115. The van der Waals surface area contributed by atoms with Crippen LogP contribution in [0.1, 0.15) is 11.1 Å². The normalized spacial score (nSPS) is 15.7. The summed E-state index contributed by atoms with van der Waals surface area (Å²) in [6.45, 7) is 0.342. The van der Waals surface area contributed by atoms with Gasteiger partial charge in [0.25, 0.3) is 5.91 Å². The number of hydrogen-bond acceptors (Lipinski definition) is 4. The SMILES string of the molecule is O=C1NC(=S)S/C1=C\c1cc(Br)ccc1OCc1ccccc1Cl. The van der Waals surface area contributed by atoms with Gasteiger partial charge in [0, 0.05) is 20.6 Å². The number of amides is 1. The maximum absolute atomic E-state index is 11.9. The molecular weight excluding hydrogens is 430 g/mol. The van der Waals surface area contributed by atoms with Crippen LogP contribution >= 0.6 is 51.5 Å². The average molecular weight is 441 g/mol. The van der Waals surface area contributed by atoms with Gasteiger partial charge in [-0.25, -0.2) is 0 Å². The summed E-state index contributed by atoms with van der Waals surface area (Å²) in [5.41, 5.74) is 1.69. The monoisotopic (exact) mass is 439 g/mol. The molecule has 0 spiro atoms. The van der Waals surface area contributed by atoms with E-state index in [2.05, 4.69) is 21.2 Å². The summed E-state index contributed by atoms with van der Waals surface area (Å²) in [5.74, 6) is 0.471. The van der Waals surface area contributed by atoms with Gasteiger partial charge in [0.2, 0.25) is 0 Å². The van der Waals surface area contributed by atoms with E-state index in [0.29, 0.717) is 26.6 Å². The molecule has 1 heterocycles. The van der Waals surface area contributed by atoms with Gasteiger partial charge in [-0.2, -0.15) is 0 Å². The zero-order chi connectivity index (χ0) is 17.1. The van der Waals surface area contributed by atoms with Crippen molar-refractivity contribution < 1.29 is 9.53 Å². The lowest BCUT2D eigenvalue weighted by Gasteiger charge is -2.11. The Kier molecular flexibility index (Phi) is 5.61. The fourth-order valence-corrected chi connectivity index (χ4v) is 3.70. The zero-order valence-corrected chi connectivity index (χ0v) is 16.2. The first-order chi connectivity index (χ1) is 11.5. The molecule has 3 nitrogen and oxygen atoms in total. The molecule has 0 atom stereocenters. The van der Waals surface area contributed by atoms with Gasteiger partial charge >= 0.3 is 0 Å². The smallest absolute Gasteiger partial charge is 0.263 e. The first-order valence-corrected chi connectivity index (χ1v) is 9.33. The highest BCUT2D eigenvalue weighted by molar-refractivity contribution is 9.10. The number of carbonyl (C=O) groups excluding carboxylic acids is 1. The minimum atomic E-state index is -0.193. The van der Waals surface area contributed by atoms with Crippen LogP contribution in [-0.2, 0) is 11.4 Å². The number of hydrogen-bond donors (Lipinski definition) is 1. The summed E-state index contributed by atoms with van der Waals surface area (Å²) in [5, 5.41) is 3.26. The molecule has 1 aliphatic heterocycles. The fourth-order valence-electron chi connectivity index (χ4n) is 2.10. The van der Waals surface area contributed by atoms with Gasteiger partial charge in [-0.15, -0.1) is 0 Å². The van der Waals surface area contributed by atoms with E-state index in [9.17, 15) is 4.79 Å². The van der Waals surface area contributed by atoms with Crippen LogP contribution < -0.4 is 10.1 Å². The quantitative estimate of drug-likeness (QED) is 0.526. The molecule has 24 heavy (non-hydrogen) atoms. The van der Waals surface area contributed by atoms with Crippen LogP contribution in [0.4, 0.5) is 0 Å². The molecule has 0 aromatic heterocycles. The van der Waals surface area contributed by atoms with Crippen LogP contribution in [0, 0.1) is 0 Å². The molecule has 1 amide bonds. The molecule has 0 radical (unpaired) electrons. The average Bonchev–Trinajstić information content (AvgIpc) is 2.85. The number of ether oxygens (including phenoxy) is 1. The van der Waals surface area contributed by atoms with Gasteiger partial charge in [-0.3, -0.25) is 4.79 Å². The highest BCUT2D eigenvalue weighted by Gasteiger charge is 2.22. The first-order valence-electron chi connectivity index (χ1n) is 6.93. The van der Waals surface area contributed by atoms with Crippen LogP contribution in [0.3, 0.4) is 0 Å². The highest BCUT2D eigenvalue weighted by atomic mass is 79.9. The highest BCUT2D eigenvalue weighted by Crippen LogP contribution is 2.31. The van der Waals surface area contributed by atoms with Crippen LogP contribution in [0.2, 0.25) is 5.02 Å². The molecule has 1 saturated heterocycles. The van der Waals surface area contributed by atoms with E-state index in [4.69, 9.17) is 28.6 Å². The largest absolute Gasteiger partial charge is 0.488 e. The second-order valence-electron chi connectivity index (χ2n) is 4.91. The van der Waals surface area contributed by atoms with Gasteiger partial charge in [-0.1, -0.05) is 69.7 Å². The number of carbonyl (C=O) groups is 1. The van der Waals surface area contributed by atoms with Crippen molar-refractivity contribution in [3.8, 4) is 5.75 Å². The van der Waals surface area contributed by atoms with Crippen LogP contribution in [0.15, 0.2) is 51.8 Å². The van der Waals surface area contributed by atoms with Gasteiger partial charge in [-0.05, 0) is 30.3 Å². The lowest BCUT2D eigenvalue weighted by atomic mass is 10.2. The zero-order valence-electron chi connectivity index (χ0n) is 12.2. The molecule has 3 rings (SSSR count). The molecule has 1 aliphatic rings. The minimum absolute atomic E-state index is 0.193. The predicted octanol–water partition coefficient (Wildman–Crippen LogP) is 5.17. The number of rotatable bonds is 4. The van der Waals surface area contributed by atoms with E-state index in [1.807, 2.05) is 42.5 Å². The summed E-state index contributed by atoms with van der Waals surface area (Å²) >= 11 is 15.9. The van der Waals surface area contributed by atoms with Crippen molar-refractivity contribution >= 4 is 67.8 Å². The molecule has 0 aliphatic carbocycles. The van der Waals surface area contributed by atoms with Crippen LogP contribution in [0.5, 0.6) is 5.75 Å². The minimum Gasteiger partial charge on any atom is -0.488 e. The Morgan fingerprint density at radius 2 is 2.08 bits per heavy atom. The van der Waals surface area contributed by atoms with E-state index in [1.54, 1.807) is 6.08 Å². The van der Waals surface area contributed by atoms with Crippen molar-refractivity contribution in [2.45, 2.75) is 6.61 Å². The Morgan fingerprint density at radius 3 is 2.79 bits per heavy atom. The third-order valence-electron chi connectivity index (χ3n) is 3.24. The molecule has 2 aromatic carbocycles. The topological polar surface area (TPSA) is 38.3 Å². The van der Waals surface area contributed by atoms with Crippen molar-refractivity contribution in [2.75, 3.05) is 0 Å². The first kappa shape index (κ1) is 17.5. The maximum Gasteiger partial charge on any atom is 0.263 e. The van der Waals surface area contributed by atoms with E-state index in [-0.39, 0.29) is 5.91 Å². The lowest BCUT2D eigenvalue weighted by Crippen LogP contribution is -2.17. The third-order valence-corrected chi connectivity index (χ3v) is 5.27. The fraction of sp³-hybridized carbons (Fsp3) is 0.0588. The van der Waals surface area contributed by atoms with Crippen LogP contribution in [-0.4, -0.2) is 10.2 Å². The molecule has 7 heteroatoms. The van der Waals surface area contributed by atoms with Crippen molar-refractivity contribution in [3.63, 3.8) is 0 Å². The van der Waals surface area contributed by atoms with Crippen LogP contribution in [0.25, 0.3) is 6.08 Å². The maximum atomic E-state index is 11.9. The van der Waals surface area contributed by atoms with Gasteiger partial charge in [0.15, 0.2) is 0 Å². The molecule has 0 saturated carbocycles. The predicted molar refractivity (Wildman–Crippen MR) is 106 cm³/mol. The Balaban J connectivity index is 1.86. The summed E-state index contributed by atoms with van der Waals surface area (Å²) < 4.78 is 7.26. The number of thiocarbonyl (C=S) groups is 1. The Bertz CT molecular complexity index is 854. The van der Waals surface area contributed by atoms with E-state index in [1.165, 1.54) is 11.8 Å². The Labute approximate surface area is 162 Å². The number of benzene rings is 2. The third kappa shape index (κ3) is 4.19. The molecule has 1 N–H and O–H groups in total. The van der Waals surface area contributed by atoms with Crippen molar-refractivity contribution in [1.29, 1.82) is 0 Å². The number of nitrogens with one attached hydrogen (secondary N) is 1. The van der Waals surface area contributed by atoms with Crippen molar-refractivity contribution in [1.82, 2.24) is 5.32 Å². The van der Waals surface area contributed by atoms with Gasteiger partial charge in [0.1, 0.15) is 16.7 Å². The molecular formula is C17H11BrClNO2S2. The van der Waals surface area contributed by atoms with Crippen molar-refractivity contribution in [2.24, 2.45) is 0 Å². The van der Waals surface area contributed by atoms with Gasteiger partial charge in [0.05, 0.1) is 4.91 Å². The van der Waals surface area contributed by atoms with E-state index >= 15 is 0 Å². The second-order valence-corrected chi connectivity index (χ2v) is 7.96. The standard InChI is InChI=1S/C17H11BrClNO2S2/c18-12-5-6-14(22-9-10-3-1-2-4-13(10)19)11(7-12)8-15-16(21)20-17(23)24-15/h1-8H,9H2,(H,20,21,23)/b15-8-. The molecule has 0 unspecified atom stereocenters. The van der Waals surface area contributed by atoms with E-state index < -0.39 is 0 Å². The number of thioether (sulfide) groups is 1. The Morgan fingerprint density at radius 1 is 1.29 bits per heavy atom. The summed E-state index contributed by atoms with van der Waals surface area (Å²) in [4.78, 5) is 12.4. The Hall–Kier alpha value is -1.34. The number of halogens is 2. The van der Waals surface area contributed by atoms with Crippen molar-refractivity contribution in [3.05, 3.63) is 68.0 Å². The summed E-state index contributed by atoms with van der Waals surface area (Å²) in [7, 11) is 0. The second kappa shape index (κ2) is 7.70.